The van der Waals surface area contributed by atoms with Gasteiger partial charge in [0.05, 0.1) is 23.9 Å². The number of anilines is 2. The first-order valence-electron chi connectivity index (χ1n) is 9.55. The Labute approximate surface area is 188 Å². The molecule has 4 aromatic rings. The second-order valence-electron chi connectivity index (χ2n) is 6.86. The van der Waals surface area contributed by atoms with Crippen LogP contribution in [0.1, 0.15) is 20.7 Å². The number of aromatic nitrogens is 1. The van der Waals surface area contributed by atoms with E-state index in [4.69, 9.17) is 16.3 Å². The van der Waals surface area contributed by atoms with Crippen LogP contribution in [0.15, 0.2) is 72.9 Å². The average molecular weight is 450 g/mol. The number of rotatable bonds is 5. The predicted octanol–water partition coefficient (Wildman–Crippen LogP) is 5.54. The summed E-state index contributed by atoms with van der Waals surface area (Å²) in [6.07, 6.45) is 1.60. The van der Waals surface area contributed by atoms with E-state index in [9.17, 15) is 14.0 Å². The fourth-order valence-corrected chi connectivity index (χ4v) is 3.46. The lowest BCUT2D eigenvalue weighted by Crippen LogP contribution is -2.15. The van der Waals surface area contributed by atoms with Crippen molar-refractivity contribution in [2.45, 2.75) is 0 Å². The molecule has 4 rings (SSSR count). The van der Waals surface area contributed by atoms with Gasteiger partial charge in [-0.05, 0) is 54.6 Å². The Morgan fingerprint density at radius 3 is 2.59 bits per heavy atom. The van der Waals surface area contributed by atoms with Crippen LogP contribution in [0.25, 0.3) is 10.9 Å². The summed E-state index contributed by atoms with van der Waals surface area (Å²) in [5, 5.41) is 6.62. The van der Waals surface area contributed by atoms with E-state index in [1.165, 1.54) is 25.3 Å². The number of nitrogens with zero attached hydrogens (tertiary/aromatic N) is 1. The summed E-state index contributed by atoms with van der Waals surface area (Å²) in [6, 6.07) is 17.0. The first kappa shape index (κ1) is 21.3. The number of methoxy groups -OCH3 is 1. The van der Waals surface area contributed by atoms with E-state index in [-0.39, 0.29) is 5.56 Å². The molecule has 8 heteroatoms. The standard InChI is InChI=1S/C24H17ClFN3O3/c1-32-21-8-7-18(13-20(21)29-23(30)15-4-2-6-17(26)11-15)28-24(31)19-12-16(25)10-14-5-3-9-27-22(14)19/h2-13H,1H3,(H,28,31)(H,29,30). The molecular weight excluding hydrogens is 433 g/mol. The number of benzene rings is 3. The monoisotopic (exact) mass is 449 g/mol. The highest BCUT2D eigenvalue weighted by Crippen LogP contribution is 2.29. The molecule has 0 saturated heterocycles. The second kappa shape index (κ2) is 9.03. The zero-order valence-electron chi connectivity index (χ0n) is 16.9. The Kier molecular flexibility index (Phi) is 6.00. The second-order valence-corrected chi connectivity index (χ2v) is 7.30. The van der Waals surface area contributed by atoms with Crippen molar-refractivity contribution in [2.24, 2.45) is 0 Å². The smallest absolute Gasteiger partial charge is 0.257 e. The van der Waals surface area contributed by atoms with Gasteiger partial charge >= 0.3 is 0 Å². The minimum atomic E-state index is -0.520. The summed E-state index contributed by atoms with van der Waals surface area (Å²) in [5.41, 5.74) is 1.71. The number of hydrogen-bond acceptors (Lipinski definition) is 4. The van der Waals surface area contributed by atoms with Crippen LogP contribution >= 0.6 is 11.6 Å². The molecule has 160 valence electrons. The molecule has 0 unspecified atom stereocenters. The van der Waals surface area contributed by atoms with Crippen molar-refractivity contribution in [1.82, 2.24) is 4.98 Å². The van der Waals surface area contributed by atoms with Gasteiger partial charge in [0.2, 0.25) is 0 Å². The lowest BCUT2D eigenvalue weighted by atomic mass is 10.1. The highest BCUT2D eigenvalue weighted by atomic mass is 35.5. The topological polar surface area (TPSA) is 80.3 Å². The molecule has 0 aliphatic heterocycles. The molecule has 0 atom stereocenters. The van der Waals surface area contributed by atoms with Crippen LogP contribution < -0.4 is 15.4 Å². The molecule has 0 bridgehead atoms. The van der Waals surface area contributed by atoms with Gasteiger partial charge in [0.1, 0.15) is 11.6 Å². The molecule has 1 heterocycles. The Balaban J connectivity index is 1.61. The Hall–Kier alpha value is -3.97. The summed E-state index contributed by atoms with van der Waals surface area (Å²) in [5.74, 6) is -1.07. The molecule has 0 aliphatic carbocycles. The number of amides is 2. The van der Waals surface area contributed by atoms with Crippen molar-refractivity contribution in [3.63, 3.8) is 0 Å². The van der Waals surface area contributed by atoms with Gasteiger partial charge in [-0.3, -0.25) is 14.6 Å². The Morgan fingerprint density at radius 1 is 0.969 bits per heavy atom. The van der Waals surface area contributed by atoms with Crippen LogP contribution in [0, 0.1) is 5.82 Å². The Morgan fingerprint density at radius 2 is 1.81 bits per heavy atom. The normalized spacial score (nSPS) is 10.6. The van der Waals surface area contributed by atoms with E-state index < -0.39 is 17.6 Å². The largest absolute Gasteiger partial charge is 0.495 e. The quantitative estimate of drug-likeness (QED) is 0.419. The number of halogens is 2. The molecule has 1 aromatic heterocycles. The third-order valence-corrected chi connectivity index (χ3v) is 4.92. The summed E-state index contributed by atoms with van der Waals surface area (Å²) in [4.78, 5) is 29.8. The van der Waals surface area contributed by atoms with Crippen LogP contribution in [-0.4, -0.2) is 23.9 Å². The number of pyridine rings is 1. The predicted molar refractivity (Wildman–Crippen MR) is 122 cm³/mol. The summed E-state index contributed by atoms with van der Waals surface area (Å²) < 4.78 is 18.7. The van der Waals surface area contributed by atoms with E-state index >= 15 is 0 Å². The lowest BCUT2D eigenvalue weighted by Gasteiger charge is -2.13. The van der Waals surface area contributed by atoms with Gasteiger partial charge in [-0.1, -0.05) is 23.7 Å². The van der Waals surface area contributed by atoms with Crippen molar-refractivity contribution in [2.75, 3.05) is 17.7 Å². The number of hydrogen-bond donors (Lipinski definition) is 2. The minimum Gasteiger partial charge on any atom is -0.495 e. The SMILES string of the molecule is COc1ccc(NC(=O)c2cc(Cl)cc3cccnc23)cc1NC(=O)c1cccc(F)c1. The van der Waals surface area contributed by atoms with Crippen LogP contribution in [-0.2, 0) is 0 Å². The van der Waals surface area contributed by atoms with E-state index in [1.54, 1.807) is 42.6 Å². The Bertz CT molecular complexity index is 1340. The molecule has 6 nitrogen and oxygen atoms in total. The first-order valence-corrected chi connectivity index (χ1v) is 9.93. The van der Waals surface area contributed by atoms with Gasteiger partial charge in [0.25, 0.3) is 11.8 Å². The summed E-state index contributed by atoms with van der Waals surface area (Å²) in [7, 11) is 1.45. The number of carbonyl (C=O) groups is 2. The first-order chi connectivity index (χ1) is 15.4. The molecule has 0 fully saturated rings. The van der Waals surface area contributed by atoms with Crippen molar-refractivity contribution < 1.29 is 18.7 Å². The third kappa shape index (κ3) is 4.53. The molecule has 2 N–H and O–H groups in total. The van der Waals surface area contributed by atoms with E-state index in [2.05, 4.69) is 15.6 Å². The van der Waals surface area contributed by atoms with E-state index in [0.29, 0.717) is 33.2 Å². The van der Waals surface area contributed by atoms with Crippen LogP contribution in [0.5, 0.6) is 5.75 Å². The fraction of sp³-hybridized carbons (Fsp3) is 0.0417. The van der Waals surface area contributed by atoms with Gasteiger partial charge in [-0.2, -0.15) is 0 Å². The third-order valence-electron chi connectivity index (χ3n) is 4.71. The summed E-state index contributed by atoms with van der Waals surface area (Å²) >= 11 is 6.16. The number of fused-ring (bicyclic) bond motifs is 1. The maximum absolute atomic E-state index is 13.5. The zero-order valence-corrected chi connectivity index (χ0v) is 17.6. The van der Waals surface area contributed by atoms with Crippen molar-refractivity contribution in [3.05, 3.63) is 94.9 Å². The maximum atomic E-state index is 13.5. The molecule has 2 amide bonds. The molecule has 0 aliphatic rings. The van der Waals surface area contributed by atoms with Gasteiger partial charge in [-0.25, -0.2) is 4.39 Å². The van der Waals surface area contributed by atoms with E-state index in [0.717, 1.165) is 11.5 Å². The average Bonchev–Trinajstić information content (AvgIpc) is 2.78. The lowest BCUT2D eigenvalue weighted by molar-refractivity contribution is 0.101. The molecule has 0 spiro atoms. The molecule has 3 aromatic carbocycles. The van der Waals surface area contributed by atoms with E-state index in [1.807, 2.05) is 6.07 Å². The minimum absolute atomic E-state index is 0.151. The number of nitrogens with one attached hydrogen (secondary N) is 2. The van der Waals surface area contributed by atoms with Crippen LogP contribution in [0.2, 0.25) is 5.02 Å². The van der Waals surface area contributed by atoms with Gasteiger partial charge in [0, 0.05) is 27.9 Å². The molecule has 0 saturated carbocycles. The molecule has 32 heavy (non-hydrogen) atoms. The fourth-order valence-electron chi connectivity index (χ4n) is 3.23. The summed E-state index contributed by atoms with van der Waals surface area (Å²) in [6.45, 7) is 0. The van der Waals surface area contributed by atoms with Crippen molar-refractivity contribution in [1.29, 1.82) is 0 Å². The van der Waals surface area contributed by atoms with Crippen molar-refractivity contribution >= 4 is 45.7 Å². The highest BCUT2D eigenvalue weighted by molar-refractivity contribution is 6.32. The van der Waals surface area contributed by atoms with Gasteiger partial charge in [-0.15, -0.1) is 0 Å². The molecular formula is C24H17ClFN3O3. The number of ether oxygens (including phenoxy) is 1. The highest BCUT2D eigenvalue weighted by Gasteiger charge is 2.15. The van der Waals surface area contributed by atoms with Gasteiger partial charge in [0.15, 0.2) is 0 Å². The molecule has 0 radical (unpaired) electrons. The van der Waals surface area contributed by atoms with Crippen LogP contribution in [0.3, 0.4) is 0 Å². The van der Waals surface area contributed by atoms with Crippen LogP contribution in [0.4, 0.5) is 15.8 Å². The van der Waals surface area contributed by atoms with Crippen molar-refractivity contribution in [3.8, 4) is 5.75 Å². The van der Waals surface area contributed by atoms with Gasteiger partial charge < -0.3 is 15.4 Å². The number of carbonyl (C=O) groups excluding carboxylic acids is 2. The maximum Gasteiger partial charge on any atom is 0.257 e. The zero-order chi connectivity index (χ0) is 22.7.